The molecule has 0 heterocycles. The maximum atomic E-state index is 13.2. The number of rotatable bonds is 7. The van der Waals surface area contributed by atoms with Gasteiger partial charge in [0, 0.05) is 5.69 Å². The van der Waals surface area contributed by atoms with E-state index in [-0.39, 0.29) is 0 Å². The van der Waals surface area contributed by atoms with Crippen molar-refractivity contribution in [3.05, 3.63) is 72.1 Å². The number of carbonyl (C=O) groups excluding carboxylic acids is 2. The summed E-state index contributed by atoms with van der Waals surface area (Å²) in [5.74, 6) is -2.32. The normalized spacial score (nSPS) is 14.6. The first-order valence-electron chi connectivity index (χ1n) is 9.35. The van der Waals surface area contributed by atoms with E-state index >= 15 is 0 Å². The van der Waals surface area contributed by atoms with Gasteiger partial charge < -0.3 is 19.9 Å². The van der Waals surface area contributed by atoms with Crippen LogP contribution in [-0.2, 0) is 19.1 Å². The van der Waals surface area contributed by atoms with E-state index in [0.717, 1.165) is 13.2 Å². The van der Waals surface area contributed by atoms with Crippen molar-refractivity contribution in [3.8, 4) is 0 Å². The topological polar surface area (TPSA) is 84.9 Å². The van der Waals surface area contributed by atoms with E-state index in [1.807, 2.05) is 0 Å². The van der Waals surface area contributed by atoms with Crippen molar-refractivity contribution in [2.45, 2.75) is 38.0 Å². The first-order valence-corrected chi connectivity index (χ1v) is 9.35. The summed E-state index contributed by atoms with van der Waals surface area (Å²) in [7, 11) is 1.10. The number of anilines is 1. The smallest absolute Gasteiger partial charge is 0.344 e. The molecule has 160 valence electrons. The van der Waals surface area contributed by atoms with E-state index in [2.05, 4.69) is 5.32 Å². The molecule has 0 aliphatic rings. The number of hydrogen-bond acceptors (Lipinski definition) is 6. The fraction of sp³-hybridized carbons (Fsp3) is 0.304. The Morgan fingerprint density at radius 1 is 1.07 bits per heavy atom. The highest BCUT2D eigenvalue weighted by atomic mass is 19.1. The number of para-hydroxylation sites is 1. The largest absolute Gasteiger partial charge is 0.467 e. The lowest BCUT2D eigenvalue weighted by molar-refractivity contribution is -0.171. The zero-order valence-electron chi connectivity index (χ0n) is 17.4. The van der Waals surface area contributed by atoms with Gasteiger partial charge in [0.25, 0.3) is 0 Å². The van der Waals surface area contributed by atoms with Crippen LogP contribution < -0.4 is 5.32 Å². The minimum Gasteiger partial charge on any atom is -0.467 e. The molecule has 6 nitrogen and oxygen atoms in total. The zero-order valence-corrected chi connectivity index (χ0v) is 17.4. The second kappa shape index (κ2) is 9.54. The summed E-state index contributed by atoms with van der Waals surface area (Å²) in [5.41, 5.74) is -2.25. The molecule has 2 aromatic rings. The van der Waals surface area contributed by atoms with Crippen LogP contribution in [0.4, 0.5) is 10.1 Å². The molecule has 30 heavy (non-hydrogen) atoms. The molecule has 0 aliphatic carbocycles. The molecule has 0 bridgehead atoms. The molecule has 7 heteroatoms. The molecule has 0 saturated heterocycles. The SMILES string of the molecule is COC(=O)[C@@](O)(/C=C/c1ccc(F)cc1)[C@H](Nc1ccccc1)C(=O)OC(C)(C)C. The second-order valence-electron chi connectivity index (χ2n) is 7.68. The van der Waals surface area contributed by atoms with Gasteiger partial charge in [-0.3, -0.25) is 0 Å². The molecule has 2 atom stereocenters. The molecule has 0 unspecified atom stereocenters. The molecule has 0 saturated carbocycles. The monoisotopic (exact) mass is 415 g/mol. The van der Waals surface area contributed by atoms with Gasteiger partial charge in [-0.25, -0.2) is 14.0 Å². The Kier molecular flexibility index (Phi) is 7.34. The molecule has 0 aliphatic heterocycles. The summed E-state index contributed by atoms with van der Waals surface area (Å²) in [6, 6.07) is 12.5. The van der Waals surface area contributed by atoms with E-state index in [4.69, 9.17) is 9.47 Å². The summed E-state index contributed by atoms with van der Waals surface area (Å²) < 4.78 is 23.4. The van der Waals surface area contributed by atoms with Crippen molar-refractivity contribution >= 4 is 23.7 Å². The van der Waals surface area contributed by atoms with Gasteiger partial charge in [0.2, 0.25) is 5.60 Å². The van der Waals surface area contributed by atoms with Crippen molar-refractivity contribution in [2.24, 2.45) is 0 Å². The molecule has 2 N–H and O–H groups in total. The minimum absolute atomic E-state index is 0.423. The number of esters is 2. The molecule has 0 spiro atoms. The number of ether oxygens (including phenoxy) is 2. The van der Waals surface area contributed by atoms with Crippen LogP contribution >= 0.6 is 0 Å². The number of methoxy groups -OCH3 is 1. The third-order valence-corrected chi connectivity index (χ3v) is 4.08. The number of hydrogen-bond donors (Lipinski definition) is 2. The van der Waals surface area contributed by atoms with Crippen LogP contribution in [0.1, 0.15) is 26.3 Å². The van der Waals surface area contributed by atoms with E-state index in [9.17, 15) is 19.1 Å². The lowest BCUT2D eigenvalue weighted by Crippen LogP contribution is -2.57. The zero-order chi connectivity index (χ0) is 22.4. The third-order valence-electron chi connectivity index (χ3n) is 4.08. The Labute approximate surface area is 175 Å². The Balaban J connectivity index is 2.49. The molecular weight excluding hydrogens is 389 g/mol. The Morgan fingerprint density at radius 2 is 1.67 bits per heavy atom. The Bertz CT molecular complexity index is 890. The molecule has 2 rings (SSSR count). The predicted octanol–water partition coefficient (Wildman–Crippen LogP) is 3.57. The summed E-state index contributed by atoms with van der Waals surface area (Å²) >= 11 is 0. The van der Waals surface area contributed by atoms with Crippen molar-refractivity contribution in [3.63, 3.8) is 0 Å². The summed E-state index contributed by atoms with van der Waals surface area (Å²) in [6.07, 6.45) is 2.54. The molecule has 2 aromatic carbocycles. The van der Waals surface area contributed by atoms with Crippen LogP contribution in [-0.4, -0.2) is 41.4 Å². The number of halogens is 1. The third kappa shape index (κ3) is 6.15. The average molecular weight is 415 g/mol. The van der Waals surface area contributed by atoms with Gasteiger partial charge >= 0.3 is 11.9 Å². The van der Waals surface area contributed by atoms with Gasteiger partial charge in [-0.05, 0) is 56.7 Å². The van der Waals surface area contributed by atoms with E-state index < -0.39 is 35.0 Å². The lowest BCUT2D eigenvalue weighted by Gasteiger charge is -2.33. The van der Waals surface area contributed by atoms with Gasteiger partial charge in [0.05, 0.1) is 7.11 Å². The van der Waals surface area contributed by atoms with Crippen LogP contribution in [0.2, 0.25) is 0 Å². The Morgan fingerprint density at radius 3 is 2.20 bits per heavy atom. The number of nitrogens with one attached hydrogen (secondary N) is 1. The molecule has 0 amide bonds. The minimum atomic E-state index is -2.40. The summed E-state index contributed by atoms with van der Waals surface area (Å²) in [6.45, 7) is 5.03. The van der Waals surface area contributed by atoms with Crippen molar-refractivity contribution < 1.29 is 28.6 Å². The van der Waals surface area contributed by atoms with Gasteiger partial charge in [-0.2, -0.15) is 0 Å². The fourth-order valence-corrected chi connectivity index (χ4v) is 2.65. The fourth-order valence-electron chi connectivity index (χ4n) is 2.65. The van der Waals surface area contributed by atoms with E-state index in [0.29, 0.717) is 11.3 Å². The highest BCUT2D eigenvalue weighted by molar-refractivity contribution is 5.94. The van der Waals surface area contributed by atoms with E-state index in [1.54, 1.807) is 51.1 Å². The highest BCUT2D eigenvalue weighted by Gasteiger charge is 2.49. The first kappa shape index (κ1) is 23.1. The van der Waals surface area contributed by atoms with Crippen molar-refractivity contribution in [1.29, 1.82) is 0 Å². The van der Waals surface area contributed by atoms with Crippen molar-refractivity contribution in [2.75, 3.05) is 12.4 Å². The number of aliphatic hydroxyl groups is 1. The van der Waals surface area contributed by atoms with Crippen LogP contribution in [0.5, 0.6) is 0 Å². The van der Waals surface area contributed by atoms with Crippen LogP contribution in [0.15, 0.2) is 60.7 Å². The molecule has 0 fully saturated rings. The van der Waals surface area contributed by atoms with Crippen molar-refractivity contribution in [1.82, 2.24) is 0 Å². The maximum Gasteiger partial charge on any atom is 0.344 e. The van der Waals surface area contributed by atoms with Gasteiger partial charge in [-0.15, -0.1) is 0 Å². The summed E-state index contributed by atoms with van der Waals surface area (Å²) in [5, 5.41) is 14.2. The maximum absolute atomic E-state index is 13.2. The van der Waals surface area contributed by atoms with Gasteiger partial charge in [-0.1, -0.05) is 36.4 Å². The van der Waals surface area contributed by atoms with Crippen LogP contribution in [0.3, 0.4) is 0 Å². The van der Waals surface area contributed by atoms with Crippen LogP contribution in [0, 0.1) is 5.82 Å². The van der Waals surface area contributed by atoms with Gasteiger partial charge in [0.1, 0.15) is 11.4 Å². The van der Waals surface area contributed by atoms with Gasteiger partial charge in [0.15, 0.2) is 6.04 Å². The standard InChI is InChI=1S/C23H26FNO5/c1-22(2,3)30-20(26)19(25-18-8-6-5-7-9-18)23(28,21(27)29-4)15-14-16-10-12-17(24)13-11-16/h5-15,19,25,28H,1-4H3/b15-14+/t19-,23-/m1/s1. The van der Waals surface area contributed by atoms with Crippen LogP contribution in [0.25, 0.3) is 6.08 Å². The number of benzene rings is 2. The average Bonchev–Trinajstić information content (AvgIpc) is 2.70. The molecule has 0 radical (unpaired) electrons. The molecular formula is C23H26FNO5. The first-order chi connectivity index (χ1) is 14.0. The molecule has 0 aromatic heterocycles. The predicted molar refractivity (Wildman–Crippen MR) is 112 cm³/mol. The summed E-state index contributed by atoms with van der Waals surface area (Å²) in [4.78, 5) is 25.5. The second-order valence-corrected chi connectivity index (χ2v) is 7.68. The highest BCUT2D eigenvalue weighted by Crippen LogP contribution is 2.24. The quantitative estimate of drug-likeness (QED) is 0.673. The number of carbonyl (C=O) groups is 2. The Hall–Kier alpha value is -3.19. The lowest BCUT2D eigenvalue weighted by atomic mass is 9.91. The van der Waals surface area contributed by atoms with E-state index in [1.165, 1.54) is 30.3 Å².